The van der Waals surface area contributed by atoms with Gasteiger partial charge in [0.2, 0.25) is 6.04 Å². The van der Waals surface area contributed by atoms with Crippen LogP contribution in [-0.4, -0.2) is 25.2 Å². The predicted octanol–water partition coefficient (Wildman–Crippen LogP) is 3.03. The molecule has 0 amide bonds. The van der Waals surface area contributed by atoms with Gasteiger partial charge >= 0.3 is 0 Å². The summed E-state index contributed by atoms with van der Waals surface area (Å²) in [6, 6.07) is 5.11. The van der Waals surface area contributed by atoms with Gasteiger partial charge in [-0.1, -0.05) is 18.2 Å². The molecular weight excluding hydrogens is 270 g/mol. The smallest absolute Gasteiger partial charge is 0.226 e. The molecule has 4 atom stereocenters. The normalized spacial score (nSPS) is 30.2. The number of rotatable bonds is 4. The predicted molar refractivity (Wildman–Crippen MR) is 78.4 cm³/mol. The molecule has 0 aromatic heterocycles. The Morgan fingerprint density at radius 2 is 1.76 bits per heavy atom. The van der Waals surface area contributed by atoms with Gasteiger partial charge in [0.15, 0.2) is 11.5 Å². The van der Waals surface area contributed by atoms with Crippen LogP contribution < -0.4 is 9.47 Å². The van der Waals surface area contributed by atoms with Crippen LogP contribution in [0.1, 0.15) is 24.3 Å². The summed E-state index contributed by atoms with van der Waals surface area (Å²) in [5.41, 5.74) is 0.966. The van der Waals surface area contributed by atoms with Crippen molar-refractivity contribution in [3.8, 4) is 11.5 Å². The first-order chi connectivity index (χ1) is 10.2. The second-order valence-corrected chi connectivity index (χ2v) is 5.71. The van der Waals surface area contributed by atoms with Crippen molar-refractivity contribution in [3.63, 3.8) is 0 Å². The van der Waals surface area contributed by atoms with Crippen molar-refractivity contribution in [3.05, 3.63) is 46.0 Å². The molecule has 5 heteroatoms. The van der Waals surface area contributed by atoms with Crippen LogP contribution in [-0.2, 0) is 0 Å². The molecule has 2 unspecified atom stereocenters. The number of nitrogens with zero attached hydrogens (tertiary/aromatic N) is 1. The van der Waals surface area contributed by atoms with Crippen LogP contribution in [0.25, 0.3) is 0 Å². The topological polar surface area (TPSA) is 61.6 Å². The van der Waals surface area contributed by atoms with E-state index in [1.165, 1.54) is 0 Å². The Morgan fingerprint density at radius 3 is 2.33 bits per heavy atom. The molecule has 21 heavy (non-hydrogen) atoms. The fourth-order valence-electron chi connectivity index (χ4n) is 3.76. The highest BCUT2D eigenvalue weighted by Crippen LogP contribution is 2.48. The van der Waals surface area contributed by atoms with Gasteiger partial charge in [-0.2, -0.15) is 0 Å². The Morgan fingerprint density at radius 1 is 1.10 bits per heavy atom. The van der Waals surface area contributed by atoms with E-state index in [0.717, 1.165) is 18.4 Å². The molecule has 4 rings (SSSR count). The zero-order valence-corrected chi connectivity index (χ0v) is 12.2. The molecular formula is C16H19NO4. The lowest BCUT2D eigenvalue weighted by Crippen LogP contribution is -2.44. The molecule has 2 bridgehead atoms. The van der Waals surface area contributed by atoms with E-state index in [1.807, 2.05) is 24.3 Å². The van der Waals surface area contributed by atoms with Gasteiger partial charge in [0.1, 0.15) is 0 Å². The highest BCUT2D eigenvalue weighted by Gasteiger charge is 2.48. The second-order valence-electron chi connectivity index (χ2n) is 5.71. The van der Waals surface area contributed by atoms with Crippen molar-refractivity contribution >= 4 is 0 Å². The third-order valence-corrected chi connectivity index (χ3v) is 4.74. The highest BCUT2D eigenvalue weighted by atomic mass is 16.6. The molecule has 1 aromatic rings. The van der Waals surface area contributed by atoms with Crippen LogP contribution in [0.5, 0.6) is 11.5 Å². The first-order valence-electron chi connectivity index (χ1n) is 7.19. The van der Waals surface area contributed by atoms with E-state index in [2.05, 4.69) is 6.08 Å². The van der Waals surface area contributed by atoms with Crippen molar-refractivity contribution in [2.75, 3.05) is 14.2 Å². The summed E-state index contributed by atoms with van der Waals surface area (Å²) in [5, 5.41) is 11.5. The van der Waals surface area contributed by atoms with E-state index in [0.29, 0.717) is 11.5 Å². The Labute approximate surface area is 123 Å². The van der Waals surface area contributed by atoms with Gasteiger partial charge in [0.25, 0.3) is 0 Å². The van der Waals surface area contributed by atoms with Crippen molar-refractivity contribution in [2.45, 2.75) is 24.8 Å². The van der Waals surface area contributed by atoms with Crippen molar-refractivity contribution in [2.24, 2.45) is 11.8 Å². The second kappa shape index (κ2) is 5.39. The first kappa shape index (κ1) is 13.9. The molecule has 1 saturated carbocycles. The zero-order chi connectivity index (χ0) is 15.0. The Balaban J connectivity index is 2.02. The standard InChI is InChI=1S/C16H19NO4/c1-20-13-8-7-12(9-14(13)21-2)15-10-3-5-11(6-4-10)16(15)17(18)19/h3,5,7-11,15-16H,4,6H2,1-2H3/t10-,11-,15?,16?/m1/s1. The average Bonchev–Trinajstić information content (AvgIpc) is 2.54. The number of hydrogen-bond acceptors (Lipinski definition) is 4. The highest BCUT2D eigenvalue weighted by molar-refractivity contribution is 5.45. The van der Waals surface area contributed by atoms with Crippen molar-refractivity contribution < 1.29 is 14.4 Å². The molecule has 3 aliphatic carbocycles. The van der Waals surface area contributed by atoms with Crippen LogP contribution in [0.2, 0.25) is 0 Å². The van der Waals surface area contributed by atoms with E-state index < -0.39 is 6.04 Å². The number of ether oxygens (including phenoxy) is 2. The summed E-state index contributed by atoms with van der Waals surface area (Å²) in [6.07, 6.45) is 6.11. The number of benzene rings is 1. The maximum atomic E-state index is 11.5. The molecule has 112 valence electrons. The number of hydrogen-bond donors (Lipinski definition) is 0. The quantitative estimate of drug-likeness (QED) is 0.485. The molecule has 3 aliphatic rings. The zero-order valence-electron chi connectivity index (χ0n) is 12.2. The maximum absolute atomic E-state index is 11.5. The first-order valence-corrected chi connectivity index (χ1v) is 7.19. The lowest BCUT2D eigenvalue weighted by Gasteiger charge is -2.40. The van der Waals surface area contributed by atoms with E-state index >= 15 is 0 Å². The molecule has 0 radical (unpaired) electrons. The van der Waals surface area contributed by atoms with Crippen LogP contribution in [0.3, 0.4) is 0 Å². The van der Waals surface area contributed by atoms with Crippen molar-refractivity contribution in [1.29, 1.82) is 0 Å². The summed E-state index contributed by atoms with van der Waals surface area (Å²) >= 11 is 0. The molecule has 0 aliphatic heterocycles. The molecule has 0 spiro atoms. The number of allylic oxidation sites excluding steroid dienone is 1. The van der Waals surface area contributed by atoms with Gasteiger partial charge in [-0.15, -0.1) is 0 Å². The third-order valence-electron chi connectivity index (χ3n) is 4.74. The van der Waals surface area contributed by atoms with Gasteiger partial charge in [-0.05, 0) is 36.5 Å². The Hall–Kier alpha value is -2.04. The summed E-state index contributed by atoms with van der Waals surface area (Å²) in [5.74, 6) is 1.48. The lowest BCUT2D eigenvalue weighted by molar-refractivity contribution is -0.539. The SMILES string of the molecule is COc1ccc(C2C([N+](=O)[O-])[C@@H]3C=C[C@@H]2CC3)cc1OC. The Kier molecular flexibility index (Phi) is 3.57. The number of methoxy groups -OCH3 is 2. The third kappa shape index (κ3) is 2.26. The summed E-state index contributed by atoms with van der Waals surface area (Å²) < 4.78 is 10.6. The minimum Gasteiger partial charge on any atom is -0.493 e. The lowest BCUT2D eigenvalue weighted by atomic mass is 9.64. The molecule has 0 N–H and O–H groups in total. The van der Waals surface area contributed by atoms with E-state index in [1.54, 1.807) is 14.2 Å². The summed E-state index contributed by atoms with van der Waals surface area (Å²) in [7, 11) is 3.17. The molecule has 0 heterocycles. The monoisotopic (exact) mass is 289 g/mol. The maximum Gasteiger partial charge on any atom is 0.226 e. The van der Waals surface area contributed by atoms with Crippen LogP contribution in [0.15, 0.2) is 30.4 Å². The van der Waals surface area contributed by atoms with Gasteiger partial charge in [-0.25, -0.2) is 0 Å². The number of fused-ring (bicyclic) bond motifs is 2. The van der Waals surface area contributed by atoms with Gasteiger partial charge in [-0.3, -0.25) is 10.1 Å². The van der Waals surface area contributed by atoms with Crippen LogP contribution >= 0.6 is 0 Å². The molecule has 1 fully saturated rings. The minimum atomic E-state index is -0.535. The van der Waals surface area contributed by atoms with Gasteiger partial charge in [0.05, 0.1) is 20.1 Å². The van der Waals surface area contributed by atoms with Gasteiger partial charge < -0.3 is 9.47 Å². The van der Waals surface area contributed by atoms with Crippen LogP contribution in [0.4, 0.5) is 0 Å². The fraction of sp³-hybridized carbons (Fsp3) is 0.500. The average molecular weight is 289 g/mol. The molecule has 5 nitrogen and oxygen atoms in total. The van der Waals surface area contributed by atoms with E-state index in [9.17, 15) is 10.1 Å². The van der Waals surface area contributed by atoms with Crippen LogP contribution in [0, 0.1) is 22.0 Å². The van der Waals surface area contributed by atoms with E-state index in [-0.39, 0.29) is 22.7 Å². The fourth-order valence-corrected chi connectivity index (χ4v) is 3.76. The largest absolute Gasteiger partial charge is 0.493 e. The summed E-state index contributed by atoms with van der Waals surface area (Å²) in [6.45, 7) is 0. The number of nitro groups is 1. The Bertz CT molecular complexity index is 584. The van der Waals surface area contributed by atoms with Gasteiger partial charge in [0, 0.05) is 10.8 Å². The van der Waals surface area contributed by atoms with E-state index in [4.69, 9.17) is 9.47 Å². The molecule has 1 aromatic carbocycles. The summed E-state index contributed by atoms with van der Waals surface area (Å²) in [4.78, 5) is 11.4. The minimum absolute atomic E-state index is 0.0445. The molecule has 0 saturated heterocycles. The van der Waals surface area contributed by atoms with Crippen molar-refractivity contribution in [1.82, 2.24) is 0 Å².